The summed E-state index contributed by atoms with van der Waals surface area (Å²) in [5, 5.41) is 8.56. The standard InChI is InChI=1S/C21H22N2O/c1-15(17-9-4-3-5-10-17)22-16(2)21(24)23-20-14-8-12-18-11-6-7-13-19(18)20/h3-16,22H,1-2H3,(H,23,24)/t15-,16+/m0/s1. The minimum absolute atomic E-state index is 0.0332. The molecular formula is C21H22N2O. The Morgan fingerprint density at radius 1 is 0.833 bits per heavy atom. The maximum absolute atomic E-state index is 12.5. The zero-order chi connectivity index (χ0) is 16.9. The topological polar surface area (TPSA) is 41.1 Å². The third-order valence-electron chi connectivity index (χ3n) is 4.24. The van der Waals surface area contributed by atoms with Crippen molar-refractivity contribution in [2.45, 2.75) is 25.9 Å². The fraction of sp³-hybridized carbons (Fsp3) is 0.190. The molecule has 0 spiro atoms. The Kier molecular flexibility index (Phi) is 4.92. The van der Waals surface area contributed by atoms with Gasteiger partial charge in [0.25, 0.3) is 0 Å². The summed E-state index contributed by atoms with van der Waals surface area (Å²) in [7, 11) is 0. The van der Waals surface area contributed by atoms with Crippen molar-refractivity contribution in [1.29, 1.82) is 0 Å². The molecule has 0 heterocycles. The number of carbonyl (C=O) groups excluding carboxylic acids is 1. The van der Waals surface area contributed by atoms with Crippen LogP contribution in [-0.2, 0) is 4.79 Å². The molecule has 0 unspecified atom stereocenters. The molecule has 0 aromatic heterocycles. The van der Waals surface area contributed by atoms with Gasteiger partial charge in [0.15, 0.2) is 0 Å². The van der Waals surface area contributed by atoms with Gasteiger partial charge in [-0.05, 0) is 30.9 Å². The van der Waals surface area contributed by atoms with Gasteiger partial charge in [-0.15, -0.1) is 0 Å². The normalized spacial score (nSPS) is 13.4. The molecule has 2 atom stereocenters. The molecule has 3 nitrogen and oxygen atoms in total. The van der Waals surface area contributed by atoms with E-state index in [1.54, 1.807) is 0 Å². The molecule has 24 heavy (non-hydrogen) atoms. The number of carbonyl (C=O) groups is 1. The zero-order valence-corrected chi connectivity index (χ0v) is 14.0. The Labute approximate surface area is 142 Å². The predicted molar refractivity (Wildman–Crippen MR) is 100 cm³/mol. The summed E-state index contributed by atoms with van der Waals surface area (Å²) in [4.78, 5) is 12.5. The van der Waals surface area contributed by atoms with Crippen LogP contribution in [0.15, 0.2) is 72.8 Å². The second-order valence-corrected chi connectivity index (χ2v) is 6.04. The van der Waals surface area contributed by atoms with Gasteiger partial charge in [0, 0.05) is 17.1 Å². The van der Waals surface area contributed by atoms with Crippen molar-refractivity contribution < 1.29 is 4.79 Å². The van der Waals surface area contributed by atoms with Crippen LogP contribution in [0, 0.1) is 0 Å². The van der Waals surface area contributed by atoms with E-state index >= 15 is 0 Å². The molecule has 3 rings (SSSR count). The number of hydrogen-bond donors (Lipinski definition) is 2. The molecule has 122 valence electrons. The van der Waals surface area contributed by atoms with Crippen LogP contribution in [0.25, 0.3) is 10.8 Å². The van der Waals surface area contributed by atoms with Crippen LogP contribution in [0.1, 0.15) is 25.5 Å². The van der Waals surface area contributed by atoms with Crippen molar-refractivity contribution in [3.05, 3.63) is 78.4 Å². The Hall–Kier alpha value is -2.65. The SMILES string of the molecule is C[C@H](N[C@H](C)C(=O)Nc1cccc2ccccc12)c1ccccc1. The van der Waals surface area contributed by atoms with Gasteiger partial charge in [0.1, 0.15) is 0 Å². The summed E-state index contributed by atoms with van der Waals surface area (Å²) in [6, 6.07) is 23.9. The first-order valence-corrected chi connectivity index (χ1v) is 8.25. The van der Waals surface area contributed by atoms with Crippen molar-refractivity contribution in [1.82, 2.24) is 5.32 Å². The van der Waals surface area contributed by atoms with Gasteiger partial charge in [-0.25, -0.2) is 0 Å². The van der Waals surface area contributed by atoms with E-state index in [1.807, 2.05) is 67.6 Å². The average Bonchev–Trinajstić information content (AvgIpc) is 2.62. The van der Waals surface area contributed by atoms with Crippen LogP contribution in [-0.4, -0.2) is 11.9 Å². The minimum Gasteiger partial charge on any atom is -0.324 e. The molecule has 0 fully saturated rings. The molecule has 1 amide bonds. The van der Waals surface area contributed by atoms with Crippen molar-refractivity contribution in [2.75, 3.05) is 5.32 Å². The van der Waals surface area contributed by atoms with Gasteiger partial charge in [-0.2, -0.15) is 0 Å². The number of nitrogens with one attached hydrogen (secondary N) is 2. The van der Waals surface area contributed by atoms with Crippen LogP contribution in [0.5, 0.6) is 0 Å². The van der Waals surface area contributed by atoms with Gasteiger partial charge in [-0.1, -0.05) is 66.7 Å². The molecule has 0 bridgehead atoms. The summed E-state index contributed by atoms with van der Waals surface area (Å²) in [5.41, 5.74) is 2.02. The maximum Gasteiger partial charge on any atom is 0.241 e. The zero-order valence-electron chi connectivity index (χ0n) is 14.0. The summed E-state index contributed by atoms with van der Waals surface area (Å²) >= 11 is 0. The highest BCUT2D eigenvalue weighted by Gasteiger charge is 2.17. The van der Waals surface area contributed by atoms with Gasteiger partial charge in [0.05, 0.1) is 6.04 Å². The molecule has 0 saturated heterocycles. The Morgan fingerprint density at radius 3 is 2.29 bits per heavy atom. The molecule has 2 N–H and O–H groups in total. The number of anilines is 1. The number of rotatable bonds is 5. The van der Waals surface area contributed by atoms with Crippen LogP contribution < -0.4 is 10.6 Å². The first-order chi connectivity index (χ1) is 11.6. The number of amides is 1. The van der Waals surface area contributed by atoms with Gasteiger partial charge < -0.3 is 5.32 Å². The molecule has 3 aromatic rings. The van der Waals surface area contributed by atoms with Crippen molar-refractivity contribution in [3.8, 4) is 0 Å². The number of benzene rings is 3. The first-order valence-electron chi connectivity index (χ1n) is 8.25. The van der Waals surface area contributed by atoms with E-state index in [9.17, 15) is 4.79 Å². The predicted octanol–water partition coefficient (Wildman–Crippen LogP) is 4.52. The summed E-state index contributed by atoms with van der Waals surface area (Å²) in [5.74, 6) is -0.0332. The summed E-state index contributed by atoms with van der Waals surface area (Å²) in [6.45, 7) is 3.96. The molecule has 0 aliphatic rings. The summed E-state index contributed by atoms with van der Waals surface area (Å²) in [6.07, 6.45) is 0. The van der Waals surface area contributed by atoms with Crippen LogP contribution in [0.2, 0.25) is 0 Å². The van der Waals surface area contributed by atoms with Gasteiger partial charge >= 0.3 is 0 Å². The van der Waals surface area contributed by atoms with E-state index in [4.69, 9.17) is 0 Å². The molecule has 3 aromatic carbocycles. The third kappa shape index (κ3) is 3.63. The molecule has 0 saturated carbocycles. The van der Waals surface area contributed by atoms with Gasteiger partial charge in [-0.3, -0.25) is 10.1 Å². The fourth-order valence-corrected chi connectivity index (χ4v) is 2.86. The lowest BCUT2D eigenvalue weighted by molar-refractivity contribution is -0.117. The molecular weight excluding hydrogens is 296 g/mol. The van der Waals surface area contributed by atoms with Crippen LogP contribution >= 0.6 is 0 Å². The van der Waals surface area contributed by atoms with Crippen molar-refractivity contribution in [3.63, 3.8) is 0 Å². The van der Waals surface area contributed by atoms with Crippen molar-refractivity contribution in [2.24, 2.45) is 0 Å². The Morgan fingerprint density at radius 2 is 1.50 bits per heavy atom. The largest absolute Gasteiger partial charge is 0.324 e. The quantitative estimate of drug-likeness (QED) is 0.726. The summed E-state index contributed by atoms with van der Waals surface area (Å²) < 4.78 is 0. The lowest BCUT2D eigenvalue weighted by atomic mass is 10.1. The maximum atomic E-state index is 12.5. The monoisotopic (exact) mass is 318 g/mol. The Balaban J connectivity index is 1.70. The van der Waals surface area contributed by atoms with E-state index in [0.717, 1.165) is 16.5 Å². The Bertz CT molecular complexity index is 824. The highest BCUT2D eigenvalue weighted by atomic mass is 16.2. The van der Waals surface area contributed by atoms with Crippen LogP contribution in [0.4, 0.5) is 5.69 Å². The third-order valence-corrected chi connectivity index (χ3v) is 4.24. The van der Waals surface area contributed by atoms with E-state index in [-0.39, 0.29) is 18.0 Å². The van der Waals surface area contributed by atoms with Crippen molar-refractivity contribution >= 4 is 22.4 Å². The molecule has 0 aliphatic carbocycles. The number of fused-ring (bicyclic) bond motifs is 1. The second kappa shape index (κ2) is 7.28. The van der Waals surface area contributed by atoms with Crippen LogP contribution in [0.3, 0.4) is 0 Å². The van der Waals surface area contributed by atoms with E-state index in [2.05, 4.69) is 29.7 Å². The van der Waals surface area contributed by atoms with E-state index in [1.165, 1.54) is 5.56 Å². The minimum atomic E-state index is -0.292. The second-order valence-electron chi connectivity index (χ2n) is 6.04. The smallest absolute Gasteiger partial charge is 0.241 e. The average molecular weight is 318 g/mol. The molecule has 0 aliphatic heterocycles. The highest BCUT2D eigenvalue weighted by Crippen LogP contribution is 2.23. The number of hydrogen-bond acceptors (Lipinski definition) is 2. The lowest BCUT2D eigenvalue weighted by Crippen LogP contribution is -2.39. The fourth-order valence-electron chi connectivity index (χ4n) is 2.86. The lowest BCUT2D eigenvalue weighted by Gasteiger charge is -2.20. The highest BCUT2D eigenvalue weighted by molar-refractivity contribution is 6.03. The molecule has 3 heteroatoms. The van der Waals surface area contributed by atoms with E-state index in [0.29, 0.717) is 0 Å². The van der Waals surface area contributed by atoms with Gasteiger partial charge in [0.2, 0.25) is 5.91 Å². The molecule has 0 radical (unpaired) electrons. The first kappa shape index (κ1) is 16.2. The van der Waals surface area contributed by atoms with E-state index < -0.39 is 0 Å².